The third kappa shape index (κ3) is 6.91. The van der Waals surface area contributed by atoms with E-state index in [1.165, 1.54) is 11.8 Å². The topological polar surface area (TPSA) is 43.4 Å². The average Bonchev–Trinajstić information content (AvgIpc) is 2.14. The standard InChI is InChI=1S/C9H14O3SSi/c1-7(2)9(11)12-5-4-8(10)13-6-14-3/h1,4-6H2,2-3H3. The highest BCUT2D eigenvalue weighted by Crippen LogP contribution is 2.04. The van der Waals surface area contributed by atoms with Crippen LogP contribution in [0.1, 0.15) is 13.3 Å². The molecule has 0 bridgehead atoms. The Balaban J connectivity index is 3.49. The minimum atomic E-state index is -0.430. The second-order valence-corrected chi connectivity index (χ2v) is 5.29. The van der Waals surface area contributed by atoms with Crippen molar-refractivity contribution in [1.29, 1.82) is 0 Å². The van der Waals surface area contributed by atoms with E-state index in [2.05, 4.69) is 6.58 Å². The van der Waals surface area contributed by atoms with Gasteiger partial charge in [0, 0.05) is 15.1 Å². The summed E-state index contributed by atoms with van der Waals surface area (Å²) in [7, 11) is 0.767. The molecule has 5 heteroatoms. The average molecular weight is 230 g/mol. The summed E-state index contributed by atoms with van der Waals surface area (Å²) in [5.74, 6) is -0.430. The molecular formula is C9H14O3SSi. The molecule has 0 aliphatic heterocycles. The summed E-state index contributed by atoms with van der Waals surface area (Å²) in [6.45, 7) is 7.22. The quantitative estimate of drug-likeness (QED) is 0.394. The third-order valence-electron chi connectivity index (χ3n) is 1.27. The summed E-state index contributed by atoms with van der Waals surface area (Å²) >= 11 is 1.30. The molecule has 0 unspecified atom stereocenters. The number of hydrogen-bond donors (Lipinski definition) is 0. The Morgan fingerprint density at radius 3 is 2.64 bits per heavy atom. The number of esters is 1. The molecule has 0 N–H and O–H groups in total. The Hall–Kier alpha value is -0.553. The second kappa shape index (κ2) is 7.81. The summed E-state index contributed by atoms with van der Waals surface area (Å²) < 4.78 is 4.78. The van der Waals surface area contributed by atoms with Crippen LogP contribution < -0.4 is 0 Å². The van der Waals surface area contributed by atoms with Gasteiger partial charge in [0.25, 0.3) is 0 Å². The molecular weight excluding hydrogens is 216 g/mol. The van der Waals surface area contributed by atoms with Crippen molar-refractivity contribution in [1.82, 2.24) is 0 Å². The van der Waals surface area contributed by atoms with Gasteiger partial charge >= 0.3 is 5.97 Å². The molecule has 0 aromatic rings. The van der Waals surface area contributed by atoms with Crippen LogP contribution in [0.5, 0.6) is 0 Å². The van der Waals surface area contributed by atoms with Crippen molar-refractivity contribution in [3.63, 3.8) is 0 Å². The zero-order valence-corrected chi connectivity index (χ0v) is 10.3. The summed E-state index contributed by atoms with van der Waals surface area (Å²) in [5.41, 5.74) is 0.361. The fourth-order valence-corrected chi connectivity index (χ4v) is 2.02. The van der Waals surface area contributed by atoms with E-state index in [4.69, 9.17) is 4.74 Å². The molecule has 0 saturated heterocycles. The molecule has 14 heavy (non-hydrogen) atoms. The van der Waals surface area contributed by atoms with Gasteiger partial charge in [-0.2, -0.15) is 0 Å². The molecule has 0 fully saturated rings. The first kappa shape index (κ1) is 13.4. The molecule has 0 aromatic carbocycles. The van der Waals surface area contributed by atoms with Gasteiger partial charge in [-0.3, -0.25) is 4.79 Å². The largest absolute Gasteiger partial charge is 0.462 e. The van der Waals surface area contributed by atoms with E-state index in [0.717, 1.165) is 14.9 Å². The minimum absolute atomic E-state index is 0.0777. The molecule has 0 amide bonds. The van der Waals surface area contributed by atoms with Crippen LogP contribution in [0.25, 0.3) is 0 Å². The first-order chi connectivity index (χ1) is 6.57. The lowest BCUT2D eigenvalue weighted by atomic mass is 10.4. The summed E-state index contributed by atoms with van der Waals surface area (Å²) in [4.78, 5) is 22.0. The van der Waals surface area contributed by atoms with Crippen LogP contribution in [0.3, 0.4) is 0 Å². The second-order valence-electron chi connectivity index (χ2n) is 2.68. The fraction of sp³-hybridized carbons (Fsp3) is 0.556. The van der Waals surface area contributed by atoms with Gasteiger partial charge < -0.3 is 4.74 Å². The number of hydrogen-bond acceptors (Lipinski definition) is 4. The van der Waals surface area contributed by atoms with Crippen molar-refractivity contribution >= 4 is 32.4 Å². The molecule has 2 radical (unpaired) electrons. The molecule has 0 rings (SSSR count). The maximum absolute atomic E-state index is 11.1. The van der Waals surface area contributed by atoms with E-state index in [-0.39, 0.29) is 18.1 Å². The van der Waals surface area contributed by atoms with Crippen LogP contribution >= 0.6 is 11.8 Å². The Morgan fingerprint density at radius 1 is 1.50 bits per heavy atom. The maximum Gasteiger partial charge on any atom is 0.333 e. The number of carbonyl (C=O) groups is 2. The molecule has 78 valence electrons. The summed E-state index contributed by atoms with van der Waals surface area (Å²) in [5, 5.41) is 0.932. The molecule has 0 aliphatic rings. The van der Waals surface area contributed by atoms with Gasteiger partial charge in [0.15, 0.2) is 5.12 Å². The third-order valence-corrected chi connectivity index (χ3v) is 3.52. The molecule has 0 aromatic heterocycles. The number of thioether (sulfide) groups is 1. The van der Waals surface area contributed by atoms with Gasteiger partial charge in [0.1, 0.15) is 0 Å². The lowest BCUT2D eigenvalue weighted by molar-refractivity contribution is -0.139. The number of ether oxygens (including phenoxy) is 1. The van der Waals surface area contributed by atoms with Crippen LogP contribution in [-0.4, -0.2) is 32.6 Å². The van der Waals surface area contributed by atoms with Crippen LogP contribution in [0, 0.1) is 0 Å². The molecule has 0 heterocycles. The molecule has 0 saturated carbocycles. The fourth-order valence-electron chi connectivity index (χ4n) is 0.575. The van der Waals surface area contributed by atoms with Crippen molar-refractivity contribution in [3.05, 3.63) is 12.2 Å². The minimum Gasteiger partial charge on any atom is -0.462 e. The van der Waals surface area contributed by atoms with Crippen molar-refractivity contribution in [3.8, 4) is 0 Å². The zero-order chi connectivity index (χ0) is 11.0. The highest BCUT2D eigenvalue weighted by atomic mass is 32.2. The molecule has 3 nitrogen and oxygen atoms in total. The van der Waals surface area contributed by atoms with Crippen LogP contribution in [0.15, 0.2) is 12.2 Å². The Morgan fingerprint density at radius 2 is 2.14 bits per heavy atom. The molecule has 0 spiro atoms. The highest BCUT2D eigenvalue weighted by Gasteiger charge is 2.06. The summed E-state index contributed by atoms with van der Waals surface area (Å²) in [6.07, 6.45) is 0.286. The molecule has 0 atom stereocenters. The van der Waals surface area contributed by atoms with E-state index >= 15 is 0 Å². The lowest BCUT2D eigenvalue weighted by Crippen LogP contribution is -2.09. The zero-order valence-electron chi connectivity index (χ0n) is 8.46. The first-order valence-electron chi connectivity index (χ1n) is 4.20. The highest BCUT2D eigenvalue weighted by molar-refractivity contribution is 8.14. The Kier molecular flexibility index (Phi) is 7.51. The van der Waals surface area contributed by atoms with Crippen LogP contribution in [-0.2, 0) is 14.3 Å². The Labute approximate surface area is 91.1 Å². The predicted molar refractivity (Wildman–Crippen MR) is 59.5 cm³/mol. The van der Waals surface area contributed by atoms with E-state index in [9.17, 15) is 9.59 Å². The van der Waals surface area contributed by atoms with Crippen LogP contribution in [0.4, 0.5) is 0 Å². The SMILES string of the molecule is C=C(C)C(=O)OCCC(=O)SC[Si]C. The first-order valence-corrected chi connectivity index (χ1v) is 6.90. The van der Waals surface area contributed by atoms with Gasteiger partial charge in [-0.05, 0) is 12.3 Å². The van der Waals surface area contributed by atoms with Crippen molar-refractivity contribution in [2.24, 2.45) is 0 Å². The van der Waals surface area contributed by atoms with E-state index in [1.54, 1.807) is 6.92 Å². The van der Waals surface area contributed by atoms with Gasteiger partial charge in [-0.1, -0.05) is 24.9 Å². The van der Waals surface area contributed by atoms with Crippen molar-refractivity contribution in [2.45, 2.75) is 19.9 Å². The monoisotopic (exact) mass is 230 g/mol. The molecule has 0 aliphatic carbocycles. The van der Waals surface area contributed by atoms with Crippen LogP contribution in [0.2, 0.25) is 6.55 Å². The van der Waals surface area contributed by atoms with E-state index in [0.29, 0.717) is 5.57 Å². The number of carbonyl (C=O) groups excluding carboxylic acids is 2. The van der Waals surface area contributed by atoms with Crippen molar-refractivity contribution in [2.75, 3.05) is 12.0 Å². The number of rotatable bonds is 6. The van der Waals surface area contributed by atoms with Crippen molar-refractivity contribution < 1.29 is 14.3 Å². The lowest BCUT2D eigenvalue weighted by Gasteiger charge is -2.02. The van der Waals surface area contributed by atoms with Gasteiger partial charge in [-0.25, -0.2) is 4.79 Å². The van der Waals surface area contributed by atoms with E-state index in [1.807, 2.05) is 6.55 Å². The summed E-state index contributed by atoms with van der Waals surface area (Å²) in [6, 6.07) is 0. The smallest absolute Gasteiger partial charge is 0.333 e. The Bertz CT molecular complexity index is 228. The van der Waals surface area contributed by atoms with Gasteiger partial charge in [0.05, 0.1) is 13.0 Å². The van der Waals surface area contributed by atoms with Gasteiger partial charge in [0.2, 0.25) is 0 Å². The predicted octanol–water partition coefficient (Wildman–Crippen LogP) is 1.47. The maximum atomic E-state index is 11.1. The van der Waals surface area contributed by atoms with Gasteiger partial charge in [-0.15, -0.1) is 0 Å². The van der Waals surface area contributed by atoms with E-state index < -0.39 is 5.97 Å². The normalized spacial score (nSPS) is 9.57.